The molecule has 1 N–H and O–H groups in total. The first kappa shape index (κ1) is 13.6. The molecule has 0 saturated carbocycles. The molecule has 2 aromatic rings. The van der Waals surface area contributed by atoms with Crippen LogP contribution in [0.4, 0.5) is 5.13 Å². The molecule has 5 heteroatoms. The van der Waals surface area contributed by atoms with E-state index in [-0.39, 0.29) is 5.91 Å². The molecule has 1 heterocycles. The topological polar surface area (TPSA) is 42.0 Å². The molecule has 1 amide bonds. The minimum atomic E-state index is -0.0769. The Morgan fingerprint density at radius 2 is 2.20 bits per heavy atom. The highest BCUT2D eigenvalue weighted by molar-refractivity contribution is 7.98. The third kappa shape index (κ3) is 2.88. The Labute approximate surface area is 126 Å². The van der Waals surface area contributed by atoms with Crippen molar-refractivity contribution >= 4 is 34.1 Å². The number of carbonyl (C=O) groups excluding carboxylic acids is 1. The van der Waals surface area contributed by atoms with Crippen LogP contribution in [0.5, 0.6) is 0 Å². The number of nitrogens with zero attached hydrogens (tertiary/aromatic N) is 1. The largest absolute Gasteiger partial charge is 0.298 e. The fourth-order valence-electron chi connectivity index (χ4n) is 2.34. The number of anilines is 1. The average Bonchev–Trinajstić information content (AvgIpc) is 2.89. The van der Waals surface area contributed by atoms with E-state index in [1.807, 2.05) is 30.5 Å². The number of amides is 1. The Kier molecular flexibility index (Phi) is 4.08. The standard InChI is InChI=1S/C15H16N2OS2/c1-19-11-6-4-5-10(9-11)14(18)17-15-16-12-7-2-3-8-13(12)20-15/h4-6,9H,2-3,7-8H2,1H3,(H,16,17,18). The van der Waals surface area contributed by atoms with Gasteiger partial charge in [0.2, 0.25) is 0 Å². The lowest BCUT2D eigenvalue weighted by atomic mass is 10.0. The van der Waals surface area contributed by atoms with Gasteiger partial charge in [-0.25, -0.2) is 4.98 Å². The lowest BCUT2D eigenvalue weighted by Crippen LogP contribution is -2.11. The van der Waals surface area contributed by atoms with Crippen molar-refractivity contribution in [2.75, 3.05) is 11.6 Å². The average molecular weight is 304 g/mol. The molecule has 1 aromatic carbocycles. The molecule has 0 saturated heterocycles. The Hall–Kier alpha value is -1.33. The molecule has 1 aromatic heterocycles. The molecule has 3 nitrogen and oxygen atoms in total. The van der Waals surface area contributed by atoms with Gasteiger partial charge in [0.1, 0.15) is 0 Å². The summed E-state index contributed by atoms with van der Waals surface area (Å²) in [4.78, 5) is 19.2. The van der Waals surface area contributed by atoms with E-state index < -0.39 is 0 Å². The second-order valence-electron chi connectivity index (χ2n) is 4.78. The van der Waals surface area contributed by atoms with Crippen LogP contribution in [0.15, 0.2) is 29.2 Å². The van der Waals surface area contributed by atoms with Crippen molar-refractivity contribution in [3.8, 4) is 0 Å². The predicted molar refractivity (Wildman–Crippen MR) is 84.9 cm³/mol. The molecule has 0 unspecified atom stereocenters. The first-order valence-corrected chi connectivity index (χ1v) is 8.74. The van der Waals surface area contributed by atoms with E-state index in [0.717, 1.165) is 22.9 Å². The van der Waals surface area contributed by atoms with Gasteiger partial charge in [-0.15, -0.1) is 23.1 Å². The predicted octanol–water partition coefficient (Wildman–Crippen LogP) is 4.00. The van der Waals surface area contributed by atoms with Gasteiger partial charge in [0, 0.05) is 15.3 Å². The Morgan fingerprint density at radius 3 is 3.00 bits per heavy atom. The summed E-state index contributed by atoms with van der Waals surface area (Å²) < 4.78 is 0. The van der Waals surface area contributed by atoms with Crippen LogP contribution in [-0.2, 0) is 12.8 Å². The van der Waals surface area contributed by atoms with Gasteiger partial charge in [-0.1, -0.05) is 6.07 Å². The highest BCUT2D eigenvalue weighted by Gasteiger charge is 2.16. The third-order valence-corrected chi connectivity index (χ3v) is 5.20. The number of benzene rings is 1. The fraction of sp³-hybridized carbons (Fsp3) is 0.333. The summed E-state index contributed by atoms with van der Waals surface area (Å²) in [6.07, 6.45) is 6.60. The number of nitrogens with one attached hydrogen (secondary N) is 1. The summed E-state index contributed by atoms with van der Waals surface area (Å²) in [5.41, 5.74) is 1.86. The zero-order chi connectivity index (χ0) is 13.9. The molecule has 0 aliphatic heterocycles. The molecule has 0 spiro atoms. The van der Waals surface area contributed by atoms with E-state index in [9.17, 15) is 4.79 Å². The number of fused-ring (bicyclic) bond motifs is 1. The Bertz CT molecular complexity index is 613. The molecule has 0 atom stereocenters. The first-order valence-electron chi connectivity index (χ1n) is 6.70. The van der Waals surface area contributed by atoms with Crippen LogP contribution in [-0.4, -0.2) is 17.1 Å². The SMILES string of the molecule is CSc1cccc(C(=O)Nc2nc3c(s2)CCCC3)c1. The summed E-state index contributed by atoms with van der Waals surface area (Å²) in [6.45, 7) is 0. The maximum atomic E-state index is 12.2. The first-order chi connectivity index (χ1) is 9.76. The number of hydrogen-bond acceptors (Lipinski definition) is 4. The third-order valence-electron chi connectivity index (χ3n) is 3.40. The van der Waals surface area contributed by atoms with Crippen molar-refractivity contribution < 1.29 is 4.79 Å². The molecule has 0 fully saturated rings. The van der Waals surface area contributed by atoms with E-state index in [2.05, 4.69) is 10.3 Å². The minimum absolute atomic E-state index is 0.0769. The molecule has 0 bridgehead atoms. The monoisotopic (exact) mass is 304 g/mol. The molecular weight excluding hydrogens is 288 g/mol. The quantitative estimate of drug-likeness (QED) is 0.872. The summed E-state index contributed by atoms with van der Waals surface area (Å²) in [6, 6.07) is 7.66. The molecule has 0 radical (unpaired) electrons. The van der Waals surface area contributed by atoms with E-state index in [1.165, 1.54) is 23.4 Å². The van der Waals surface area contributed by atoms with Gasteiger partial charge in [0.25, 0.3) is 5.91 Å². The molecule has 1 aliphatic rings. The van der Waals surface area contributed by atoms with Crippen molar-refractivity contribution in [1.29, 1.82) is 0 Å². The zero-order valence-electron chi connectivity index (χ0n) is 11.3. The second kappa shape index (κ2) is 5.97. The van der Waals surface area contributed by atoms with Crippen LogP contribution in [0.1, 0.15) is 33.8 Å². The second-order valence-corrected chi connectivity index (χ2v) is 6.75. The van der Waals surface area contributed by atoms with Crippen molar-refractivity contribution in [1.82, 2.24) is 4.98 Å². The molecule has 3 rings (SSSR count). The van der Waals surface area contributed by atoms with E-state index in [0.29, 0.717) is 5.56 Å². The summed E-state index contributed by atoms with van der Waals surface area (Å²) in [7, 11) is 0. The highest BCUT2D eigenvalue weighted by Crippen LogP contribution is 2.29. The molecule has 104 valence electrons. The minimum Gasteiger partial charge on any atom is -0.298 e. The van der Waals surface area contributed by atoms with E-state index in [1.54, 1.807) is 23.1 Å². The lowest BCUT2D eigenvalue weighted by Gasteiger charge is -2.06. The molecule has 1 aliphatic carbocycles. The summed E-state index contributed by atoms with van der Waals surface area (Å²) >= 11 is 3.26. The number of thioether (sulfide) groups is 1. The summed E-state index contributed by atoms with van der Waals surface area (Å²) in [5.74, 6) is -0.0769. The number of thiazole rings is 1. The number of rotatable bonds is 3. The van der Waals surface area contributed by atoms with Crippen molar-refractivity contribution in [3.63, 3.8) is 0 Å². The smallest absolute Gasteiger partial charge is 0.257 e. The van der Waals surface area contributed by atoms with Gasteiger partial charge in [-0.3, -0.25) is 10.1 Å². The lowest BCUT2D eigenvalue weighted by molar-refractivity contribution is 0.102. The number of carbonyl (C=O) groups is 1. The van der Waals surface area contributed by atoms with E-state index >= 15 is 0 Å². The normalized spacial score (nSPS) is 13.8. The van der Waals surface area contributed by atoms with Gasteiger partial charge < -0.3 is 0 Å². The van der Waals surface area contributed by atoms with Gasteiger partial charge in [0.05, 0.1) is 5.69 Å². The van der Waals surface area contributed by atoms with Crippen LogP contribution in [0.3, 0.4) is 0 Å². The number of aromatic nitrogens is 1. The van der Waals surface area contributed by atoms with E-state index in [4.69, 9.17) is 0 Å². The van der Waals surface area contributed by atoms with Crippen LogP contribution in [0.25, 0.3) is 0 Å². The van der Waals surface area contributed by atoms with Crippen molar-refractivity contribution in [3.05, 3.63) is 40.4 Å². The van der Waals surface area contributed by atoms with Crippen LogP contribution < -0.4 is 5.32 Å². The van der Waals surface area contributed by atoms with Crippen LogP contribution in [0.2, 0.25) is 0 Å². The van der Waals surface area contributed by atoms with Crippen molar-refractivity contribution in [2.24, 2.45) is 0 Å². The fourth-order valence-corrected chi connectivity index (χ4v) is 3.84. The number of hydrogen-bond donors (Lipinski definition) is 1. The van der Waals surface area contributed by atoms with Gasteiger partial charge in [0.15, 0.2) is 5.13 Å². The highest BCUT2D eigenvalue weighted by atomic mass is 32.2. The Balaban J connectivity index is 1.76. The van der Waals surface area contributed by atoms with Crippen LogP contribution in [0, 0.1) is 0 Å². The zero-order valence-corrected chi connectivity index (χ0v) is 12.9. The van der Waals surface area contributed by atoms with Gasteiger partial charge in [-0.05, 0) is 50.1 Å². The maximum absolute atomic E-state index is 12.2. The number of aryl methyl sites for hydroxylation is 2. The Morgan fingerprint density at radius 1 is 1.35 bits per heavy atom. The van der Waals surface area contributed by atoms with Gasteiger partial charge >= 0.3 is 0 Å². The van der Waals surface area contributed by atoms with Gasteiger partial charge in [-0.2, -0.15) is 0 Å². The van der Waals surface area contributed by atoms with Crippen molar-refractivity contribution in [2.45, 2.75) is 30.6 Å². The van der Waals surface area contributed by atoms with Crippen LogP contribution >= 0.6 is 23.1 Å². The molecular formula is C15H16N2OS2. The summed E-state index contributed by atoms with van der Waals surface area (Å²) in [5, 5.41) is 3.66. The molecule has 20 heavy (non-hydrogen) atoms. The maximum Gasteiger partial charge on any atom is 0.257 e.